The summed E-state index contributed by atoms with van der Waals surface area (Å²) in [6, 6.07) is 10.3. The summed E-state index contributed by atoms with van der Waals surface area (Å²) in [5.41, 5.74) is 9.90. The van der Waals surface area contributed by atoms with Gasteiger partial charge in [-0.25, -0.2) is 4.98 Å². The third-order valence-electron chi connectivity index (χ3n) is 4.34. The fourth-order valence-electron chi connectivity index (χ4n) is 2.92. The molecule has 0 bridgehead atoms. The Labute approximate surface area is 145 Å². The summed E-state index contributed by atoms with van der Waals surface area (Å²) < 4.78 is 1.97. The molecule has 0 aliphatic carbocycles. The molecule has 1 aromatic carbocycles. The van der Waals surface area contributed by atoms with Crippen LogP contribution >= 0.6 is 0 Å². The quantitative estimate of drug-likeness (QED) is 0.549. The van der Waals surface area contributed by atoms with Gasteiger partial charge in [0.1, 0.15) is 5.65 Å². The van der Waals surface area contributed by atoms with Gasteiger partial charge in [-0.3, -0.25) is 15.0 Å². The molecule has 0 aliphatic rings. The van der Waals surface area contributed by atoms with Crippen molar-refractivity contribution >= 4 is 17.0 Å². The second-order valence-electron chi connectivity index (χ2n) is 5.87. The minimum absolute atomic E-state index is 0.0582. The number of rotatable bonds is 6. The van der Waals surface area contributed by atoms with Gasteiger partial charge in [-0.2, -0.15) is 0 Å². The van der Waals surface area contributed by atoms with E-state index in [-0.39, 0.29) is 10.6 Å². The highest BCUT2D eigenvalue weighted by molar-refractivity contribution is 5.69. The molecule has 0 saturated heterocycles. The molecule has 130 valence electrons. The van der Waals surface area contributed by atoms with E-state index in [9.17, 15) is 10.1 Å². The van der Waals surface area contributed by atoms with Crippen LogP contribution in [0.4, 0.5) is 11.4 Å². The summed E-state index contributed by atoms with van der Waals surface area (Å²) in [7, 11) is 0. The van der Waals surface area contributed by atoms with E-state index in [2.05, 4.69) is 18.7 Å². The highest BCUT2D eigenvalue weighted by Crippen LogP contribution is 2.29. The number of hydrogen-bond donors (Lipinski definition) is 1. The second kappa shape index (κ2) is 6.90. The Bertz CT molecular complexity index is 915. The molecule has 2 N–H and O–H groups in total. The zero-order valence-electron chi connectivity index (χ0n) is 14.3. The summed E-state index contributed by atoms with van der Waals surface area (Å²) in [5.74, 6) is 0. The van der Waals surface area contributed by atoms with Gasteiger partial charge in [0.25, 0.3) is 5.69 Å². The molecule has 3 aromatic rings. The standard InChI is InChI=1S/C18H21N5O2/c1-3-21(4-2)12-16-18(13-6-5-7-15(10-13)23(24)25)20-17-9-8-14(19)11-22(16)17/h5-11H,3-4,12,19H2,1-2H3. The first-order valence-electron chi connectivity index (χ1n) is 8.27. The van der Waals surface area contributed by atoms with E-state index < -0.39 is 0 Å². The van der Waals surface area contributed by atoms with E-state index in [1.54, 1.807) is 18.2 Å². The molecule has 0 radical (unpaired) electrons. The number of imidazole rings is 1. The fraction of sp³-hybridized carbons (Fsp3) is 0.278. The predicted octanol–water partition coefficient (Wildman–Crippen LogP) is 3.33. The number of nitrogens with two attached hydrogens (primary N) is 1. The van der Waals surface area contributed by atoms with Crippen LogP contribution in [0, 0.1) is 10.1 Å². The molecular weight excluding hydrogens is 318 g/mol. The number of nitro groups is 1. The zero-order valence-corrected chi connectivity index (χ0v) is 14.3. The van der Waals surface area contributed by atoms with E-state index in [1.807, 2.05) is 22.7 Å². The van der Waals surface area contributed by atoms with Gasteiger partial charge in [0, 0.05) is 36.1 Å². The molecule has 0 amide bonds. The SMILES string of the molecule is CCN(CC)Cc1c(-c2cccc([N+](=O)[O-])c2)nc2ccc(N)cn12. The number of non-ortho nitro benzene ring substituents is 1. The van der Waals surface area contributed by atoms with Gasteiger partial charge in [0.05, 0.1) is 16.3 Å². The third kappa shape index (κ3) is 3.32. The van der Waals surface area contributed by atoms with Crippen molar-refractivity contribution in [3.8, 4) is 11.3 Å². The van der Waals surface area contributed by atoms with Crippen molar-refractivity contribution in [2.75, 3.05) is 18.8 Å². The number of fused-ring (bicyclic) bond motifs is 1. The van der Waals surface area contributed by atoms with Gasteiger partial charge < -0.3 is 10.1 Å². The highest BCUT2D eigenvalue weighted by Gasteiger charge is 2.18. The first-order chi connectivity index (χ1) is 12.0. The highest BCUT2D eigenvalue weighted by atomic mass is 16.6. The van der Waals surface area contributed by atoms with Crippen molar-refractivity contribution in [3.05, 3.63) is 58.4 Å². The van der Waals surface area contributed by atoms with Gasteiger partial charge in [-0.15, -0.1) is 0 Å². The Kier molecular flexibility index (Phi) is 4.67. The minimum Gasteiger partial charge on any atom is -0.398 e. The number of aromatic nitrogens is 2. The Balaban J connectivity index is 2.19. The normalized spacial score (nSPS) is 11.3. The Hall–Kier alpha value is -2.93. The average molecular weight is 339 g/mol. The number of nitrogens with zero attached hydrogens (tertiary/aromatic N) is 4. The van der Waals surface area contributed by atoms with Crippen LogP contribution in [0.3, 0.4) is 0 Å². The second-order valence-corrected chi connectivity index (χ2v) is 5.87. The number of benzene rings is 1. The van der Waals surface area contributed by atoms with Crippen molar-refractivity contribution < 1.29 is 4.92 Å². The summed E-state index contributed by atoms with van der Waals surface area (Å²) >= 11 is 0. The zero-order chi connectivity index (χ0) is 18.0. The molecule has 0 unspecified atom stereocenters. The lowest BCUT2D eigenvalue weighted by molar-refractivity contribution is -0.384. The van der Waals surface area contributed by atoms with E-state index in [0.717, 1.165) is 35.7 Å². The molecule has 2 aromatic heterocycles. The molecule has 7 nitrogen and oxygen atoms in total. The van der Waals surface area contributed by atoms with E-state index in [0.29, 0.717) is 12.2 Å². The number of anilines is 1. The molecule has 25 heavy (non-hydrogen) atoms. The third-order valence-corrected chi connectivity index (χ3v) is 4.34. The molecule has 0 fully saturated rings. The van der Waals surface area contributed by atoms with Crippen molar-refractivity contribution in [2.24, 2.45) is 0 Å². The van der Waals surface area contributed by atoms with Crippen LogP contribution in [0.5, 0.6) is 0 Å². The largest absolute Gasteiger partial charge is 0.398 e. The van der Waals surface area contributed by atoms with Crippen LogP contribution < -0.4 is 5.73 Å². The van der Waals surface area contributed by atoms with Crippen LogP contribution in [0.25, 0.3) is 16.9 Å². The molecule has 0 saturated carbocycles. The topological polar surface area (TPSA) is 89.7 Å². The van der Waals surface area contributed by atoms with Crippen LogP contribution in [-0.4, -0.2) is 32.3 Å². The van der Waals surface area contributed by atoms with Gasteiger partial charge in [0.15, 0.2) is 0 Å². The molecule has 0 aliphatic heterocycles. The Morgan fingerprint density at radius 1 is 1.24 bits per heavy atom. The summed E-state index contributed by atoms with van der Waals surface area (Å²) in [6.07, 6.45) is 1.85. The number of nitrogen functional groups attached to an aromatic ring is 1. The van der Waals surface area contributed by atoms with Gasteiger partial charge in [0.2, 0.25) is 0 Å². The maximum Gasteiger partial charge on any atom is 0.270 e. The molecule has 2 heterocycles. The van der Waals surface area contributed by atoms with Crippen molar-refractivity contribution in [1.82, 2.24) is 14.3 Å². The summed E-state index contributed by atoms with van der Waals surface area (Å²) in [5, 5.41) is 11.1. The first-order valence-corrected chi connectivity index (χ1v) is 8.27. The number of pyridine rings is 1. The molecule has 0 spiro atoms. The monoisotopic (exact) mass is 339 g/mol. The molecule has 7 heteroatoms. The predicted molar refractivity (Wildman–Crippen MR) is 98.3 cm³/mol. The maximum absolute atomic E-state index is 11.1. The smallest absolute Gasteiger partial charge is 0.270 e. The van der Waals surface area contributed by atoms with E-state index in [4.69, 9.17) is 10.7 Å². The lowest BCUT2D eigenvalue weighted by atomic mass is 10.1. The van der Waals surface area contributed by atoms with E-state index in [1.165, 1.54) is 6.07 Å². The molecule has 0 atom stereocenters. The van der Waals surface area contributed by atoms with Crippen molar-refractivity contribution in [1.29, 1.82) is 0 Å². The van der Waals surface area contributed by atoms with Gasteiger partial charge in [-0.1, -0.05) is 26.0 Å². The molecular formula is C18H21N5O2. The molecule has 3 rings (SSSR count). The summed E-state index contributed by atoms with van der Waals surface area (Å²) in [4.78, 5) is 17.7. The van der Waals surface area contributed by atoms with Crippen LogP contribution in [0.2, 0.25) is 0 Å². The minimum atomic E-state index is -0.388. The average Bonchev–Trinajstić information content (AvgIpc) is 2.97. The van der Waals surface area contributed by atoms with Crippen LogP contribution in [0.1, 0.15) is 19.5 Å². The van der Waals surface area contributed by atoms with Gasteiger partial charge in [-0.05, 0) is 25.2 Å². The maximum atomic E-state index is 11.1. The van der Waals surface area contributed by atoms with Crippen molar-refractivity contribution in [2.45, 2.75) is 20.4 Å². The van der Waals surface area contributed by atoms with Crippen LogP contribution in [0.15, 0.2) is 42.6 Å². The van der Waals surface area contributed by atoms with Gasteiger partial charge >= 0.3 is 0 Å². The lowest BCUT2D eigenvalue weighted by Crippen LogP contribution is -2.23. The fourth-order valence-corrected chi connectivity index (χ4v) is 2.92. The lowest BCUT2D eigenvalue weighted by Gasteiger charge is -2.18. The number of nitro benzene ring substituents is 1. The summed E-state index contributed by atoms with van der Waals surface area (Å²) in [6.45, 7) is 6.71. The van der Waals surface area contributed by atoms with Crippen LogP contribution in [-0.2, 0) is 6.54 Å². The number of hydrogen-bond acceptors (Lipinski definition) is 5. The van der Waals surface area contributed by atoms with E-state index >= 15 is 0 Å². The Morgan fingerprint density at radius 3 is 2.68 bits per heavy atom. The first kappa shape index (κ1) is 16.9. The van der Waals surface area contributed by atoms with Crippen molar-refractivity contribution in [3.63, 3.8) is 0 Å². The Morgan fingerprint density at radius 2 is 2.00 bits per heavy atom.